The molecule has 0 N–H and O–H groups in total. The number of ketones is 1. The molecule has 4 rings (SSSR count). The molecule has 0 radical (unpaired) electrons. The van der Waals surface area contributed by atoms with Crippen LogP contribution in [0.1, 0.15) is 25.1 Å². The van der Waals surface area contributed by atoms with Gasteiger partial charge in [-0.05, 0) is 42.4 Å². The van der Waals surface area contributed by atoms with Crippen molar-refractivity contribution in [3.63, 3.8) is 0 Å². The van der Waals surface area contributed by atoms with Crippen molar-refractivity contribution in [3.05, 3.63) is 30.2 Å². The van der Waals surface area contributed by atoms with E-state index in [1.165, 1.54) is 0 Å². The van der Waals surface area contributed by atoms with E-state index < -0.39 is 12.6 Å². The molecule has 0 spiro atoms. The maximum atomic E-state index is 12.7. The lowest BCUT2D eigenvalue weighted by Crippen LogP contribution is -2.38. The van der Waals surface area contributed by atoms with E-state index in [9.17, 15) is 18.0 Å². The molecule has 8 nitrogen and oxygen atoms in total. The number of halogens is 3. The van der Waals surface area contributed by atoms with Gasteiger partial charge in [0, 0.05) is 36.7 Å². The van der Waals surface area contributed by atoms with E-state index in [1.54, 1.807) is 22.8 Å². The number of benzene rings is 1. The number of alkyl halides is 3. The molecule has 0 saturated carbocycles. The average Bonchev–Trinajstić information content (AvgIpc) is 3.17. The van der Waals surface area contributed by atoms with Crippen LogP contribution in [0.2, 0.25) is 0 Å². The predicted molar refractivity (Wildman–Crippen MR) is 106 cm³/mol. The molecular formula is C20H22F3N7O. The van der Waals surface area contributed by atoms with Gasteiger partial charge in [0.1, 0.15) is 11.6 Å². The SMILES string of the molecule is Cn1nnnc1-c1ccc2cnc(CC(=O)C3CCN(CCC(F)(F)F)CC3)nc2c1. The zero-order valence-corrected chi connectivity index (χ0v) is 17.0. The van der Waals surface area contributed by atoms with E-state index in [0.29, 0.717) is 43.1 Å². The minimum atomic E-state index is -4.15. The zero-order valence-electron chi connectivity index (χ0n) is 17.0. The van der Waals surface area contributed by atoms with Crippen molar-refractivity contribution in [2.24, 2.45) is 13.0 Å². The van der Waals surface area contributed by atoms with E-state index in [-0.39, 0.29) is 24.7 Å². The Kier molecular flexibility index (Phi) is 5.94. The molecule has 3 aromatic rings. The summed E-state index contributed by atoms with van der Waals surface area (Å²) in [5.41, 5.74) is 1.50. The largest absolute Gasteiger partial charge is 0.390 e. The van der Waals surface area contributed by atoms with Gasteiger partial charge in [-0.2, -0.15) is 13.2 Å². The summed E-state index contributed by atoms with van der Waals surface area (Å²) in [5.74, 6) is 0.904. The molecule has 11 heteroatoms. The molecule has 3 heterocycles. The third-order valence-electron chi connectivity index (χ3n) is 5.60. The smallest absolute Gasteiger partial charge is 0.303 e. The van der Waals surface area contributed by atoms with Gasteiger partial charge >= 0.3 is 6.18 Å². The van der Waals surface area contributed by atoms with Gasteiger partial charge in [0.25, 0.3) is 0 Å². The van der Waals surface area contributed by atoms with Crippen LogP contribution in [0.5, 0.6) is 0 Å². The highest BCUT2D eigenvalue weighted by atomic mass is 19.4. The van der Waals surface area contributed by atoms with Gasteiger partial charge in [0.15, 0.2) is 5.82 Å². The van der Waals surface area contributed by atoms with Crippen LogP contribution in [0.25, 0.3) is 22.3 Å². The summed E-state index contributed by atoms with van der Waals surface area (Å²) in [7, 11) is 1.75. The fourth-order valence-electron chi connectivity index (χ4n) is 3.82. The normalized spacial score (nSPS) is 16.1. The maximum absolute atomic E-state index is 12.7. The van der Waals surface area contributed by atoms with Crippen LogP contribution in [-0.4, -0.2) is 66.7 Å². The van der Waals surface area contributed by atoms with E-state index in [1.807, 2.05) is 18.2 Å². The molecule has 1 aliphatic heterocycles. The van der Waals surface area contributed by atoms with Gasteiger partial charge in [-0.15, -0.1) is 5.10 Å². The number of tetrazole rings is 1. The van der Waals surface area contributed by atoms with Gasteiger partial charge in [0.2, 0.25) is 0 Å². The highest BCUT2D eigenvalue weighted by Crippen LogP contribution is 2.24. The van der Waals surface area contributed by atoms with E-state index in [0.717, 1.165) is 10.9 Å². The molecule has 1 aromatic carbocycles. The Labute approximate surface area is 176 Å². The van der Waals surface area contributed by atoms with Crippen LogP contribution >= 0.6 is 0 Å². The summed E-state index contributed by atoms with van der Waals surface area (Å²) in [6.07, 6.45) is -2.05. The first-order chi connectivity index (χ1) is 14.8. The van der Waals surface area contributed by atoms with E-state index in [2.05, 4.69) is 25.5 Å². The van der Waals surface area contributed by atoms with Crippen molar-refractivity contribution in [2.45, 2.75) is 31.9 Å². The molecular weight excluding hydrogens is 411 g/mol. The number of carbonyl (C=O) groups is 1. The lowest BCUT2D eigenvalue weighted by Gasteiger charge is -2.31. The summed E-state index contributed by atoms with van der Waals surface area (Å²) in [5, 5.41) is 12.3. The highest BCUT2D eigenvalue weighted by Gasteiger charge is 2.30. The summed E-state index contributed by atoms with van der Waals surface area (Å²) >= 11 is 0. The lowest BCUT2D eigenvalue weighted by atomic mass is 9.90. The number of aryl methyl sites for hydroxylation is 1. The van der Waals surface area contributed by atoms with Gasteiger partial charge in [-0.25, -0.2) is 14.6 Å². The number of aromatic nitrogens is 6. The van der Waals surface area contributed by atoms with Crippen LogP contribution in [0.4, 0.5) is 13.2 Å². The van der Waals surface area contributed by atoms with Crippen molar-refractivity contribution in [1.82, 2.24) is 35.1 Å². The second-order valence-corrected chi connectivity index (χ2v) is 7.81. The number of carbonyl (C=O) groups excluding carboxylic acids is 1. The zero-order chi connectivity index (χ0) is 22.0. The van der Waals surface area contributed by atoms with Gasteiger partial charge in [0.05, 0.1) is 18.4 Å². The molecule has 31 heavy (non-hydrogen) atoms. The standard InChI is InChI=1S/C20H22F3N7O/c1-29-19(26-27-28-29)14-2-3-15-12-24-18(25-16(15)10-14)11-17(31)13-4-7-30(8-5-13)9-6-20(21,22)23/h2-3,10,12-13H,4-9,11H2,1H3. The van der Waals surface area contributed by atoms with Crippen LogP contribution in [-0.2, 0) is 18.3 Å². The molecule has 1 fully saturated rings. The Morgan fingerprint density at radius 1 is 1.23 bits per heavy atom. The number of likely N-dealkylation sites (tertiary alicyclic amines) is 1. The molecule has 0 amide bonds. The monoisotopic (exact) mass is 433 g/mol. The van der Waals surface area contributed by atoms with Crippen LogP contribution in [0.3, 0.4) is 0 Å². The van der Waals surface area contributed by atoms with Crippen molar-refractivity contribution >= 4 is 16.7 Å². The molecule has 2 aromatic heterocycles. The second kappa shape index (κ2) is 8.66. The first-order valence-corrected chi connectivity index (χ1v) is 10.1. The van der Waals surface area contributed by atoms with Crippen molar-refractivity contribution in [2.75, 3.05) is 19.6 Å². The minimum absolute atomic E-state index is 0.0123. The number of rotatable bonds is 6. The maximum Gasteiger partial charge on any atom is 0.390 e. The van der Waals surface area contributed by atoms with Gasteiger partial charge in [-0.3, -0.25) is 4.79 Å². The summed E-state index contributed by atoms with van der Waals surface area (Å²) in [6.45, 7) is 0.988. The second-order valence-electron chi connectivity index (χ2n) is 7.81. The lowest BCUT2D eigenvalue weighted by molar-refractivity contribution is -0.139. The molecule has 0 bridgehead atoms. The highest BCUT2D eigenvalue weighted by molar-refractivity contribution is 5.85. The number of Topliss-reactive ketones (excluding diaryl/α,β-unsaturated/α-hetero) is 1. The van der Waals surface area contributed by atoms with Crippen molar-refractivity contribution in [1.29, 1.82) is 0 Å². The Morgan fingerprint density at radius 3 is 2.68 bits per heavy atom. The van der Waals surface area contributed by atoms with Gasteiger partial charge < -0.3 is 4.90 Å². The number of fused-ring (bicyclic) bond motifs is 1. The Hall–Kier alpha value is -2.95. The number of piperidine rings is 1. The number of hydrogen-bond acceptors (Lipinski definition) is 7. The Balaban J connectivity index is 1.39. The summed E-state index contributed by atoms with van der Waals surface area (Å²) in [6, 6.07) is 5.62. The predicted octanol–water partition coefficient (Wildman–Crippen LogP) is 2.60. The summed E-state index contributed by atoms with van der Waals surface area (Å²) in [4.78, 5) is 23.3. The molecule has 0 unspecified atom stereocenters. The minimum Gasteiger partial charge on any atom is -0.303 e. The average molecular weight is 433 g/mol. The number of nitrogens with zero attached hydrogens (tertiary/aromatic N) is 7. The van der Waals surface area contributed by atoms with Crippen molar-refractivity contribution in [3.8, 4) is 11.4 Å². The molecule has 1 aliphatic rings. The quantitative estimate of drug-likeness (QED) is 0.590. The van der Waals surface area contributed by atoms with E-state index >= 15 is 0 Å². The van der Waals surface area contributed by atoms with E-state index in [4.69, 9.17) is 0 Å². The van der Waals surface area contributed by atoms with Crippen LogP contribution in [0.15, 0.2) is 24.4 Å². The fraction of sp³-hybridized carbons (Fsp3) is 0.500. The Bertz CT molecular complexity index is 1070. The molecule has 0 aliphatic carbocycles. The molecule has 0 atom stereocenters. The first-order valence-electron chi connectivity index (χ1n) is 10.1. The first kappa shape index (κ1) is 21.3. The van der Waals surface area contributed by atoms with Crippen LogP contribution in [0, 0.1) is 5.92 Å². The van der Waals surface area contributed by atoms with Crippen LogP contribution < -0.4 is 0 Å². The third-order valence-corrected chi connectivity index (χ3v) is 5.60. The molecule has 1 saturated heterocycles. The summed E-state index contributed by atoms with van der Waals surface area (Å²) < 4.78 is 38.7. The van der Waals surface area contributed by atoms with Crippen molar-refractivity contribution < 1.29 is 18.0 Å². The van der Waals surface area contributed by atoms with Gasteiger partial charge in [-0.1, -0.05) is 12.1 Å². The number of hydrogen-bond donors (Lipinski definition) is 0. The third kappa shape index (κ3) is 5.22. The topological polar surface area (TPSA) is 89.7 Å². The molecule has 164 valence electrons. The Morgan fingerprint density at radius 2 is 2.00 bits per heavy atom. The fourth-order valence-corrected chi connectivity index (χ4v) is 3.82.